The SMILES string of the molecule is COc1ccc(C(=O)Nc2ccc(OCCCl)cc2)c(N)c1. The van der Waals surface area contributed by atoms with Crippen LogP contribution in [-0.4, -0.2) is 25.5 Å². The number of alkyl halides is 1. The molecule has 0 saturated heterocycles. The molecule has 0 aliphatic rings. The Kier molecular flexibility index (Phi) is 5.49. The van der Waals surface area contributed by atoms with Crippen molar-refractivity contribution in [2.24, 2.45) is 0 Å². The summed E-state index contributed by atoms with van der Waals surface area (Å²) in [5.41, 5.74) is 7.26. The van der Waals surface area contributed by atoms with Crippen LogP contribution in [0.15, 0.2) is 42.5 Å². The van der Waals surface area contributed by atoms with Crippen LogP contribution in [0, 0.1) is 0 Å². The summed E-state index contributed by atoms with van der Waals surface area (Å²) in [7, 11) is 1.54. The van der Waals surface area contributed by atoms with Gasteiger partial charge in [-0.1, -0.05) is 0 Å². The van der Waals surface area contributed by atoms with Gasteiger partial charge in [0, 0.05) is 17.4 Å². The number of nitrogens with one attached hydrogen (secondary N) is 1. The Morgan fingerprint density at radius 2 is 1.86 bits per heavy atom. The van der Waals surface area contributed by atoms with E-state index < -0.39 is 0 Å². The summed E-state index contributed by atoms with van der Waals surface area (Å²) in [6.45, 7) is 0.440. The van der Waals surface area contributed by atoms with Gasteiger partial charge in [-0.3, -0.25) is 4.79 Å². The van der Waals surface area contributed by atoms with Gasteiger partial charge < -0.3 is 20.5 Å². The van der Waals surface area contributed by atoms with Gasteiger partial charge >= 0.3 is 0 Å². The summed E-state index contributed by atoms with van der Waals surface area (Å²) in [5, 5.41) is 2.78. The Bertz CT molecular complexity index is 644. The van der Waals surface area contributed by atoms with Crippen LogP contribution in [0.5, 0.6) is 11.5 Å². The highest BCUT2D eigenvalue weighted by atomic mass is 35.5. The molecule has 0 bridgehead atoms. The number of benzene rings is 2. The molecule has 116 valence electrons. The lowest BCUT2D eigenvalue weighted by Gasteiger charge is -2.10. The van der Waals surface area contributed by atoms with Crippen LogP contribution >= 0.6 is 11.6 Å². The van der Waals surface area contributed by atoms with Gasteiger partial charge in [-0.2, -0.15) is 0 Å². The average Bonchev–Trinajstić information content (AvgIpc) is 2.53. The van der Waals surface area contributed by atoms with Crippen molar-refractivity contribution >= 4 is 28.9 Å². The molecule has 22 heavy (non-hydrogen) atoms. The lowest BCUT2D eigenvalue weighted by atomic mass is 10.1. The van der Waals surface area contributed by atoms with E-state index in [4.69, 9.17) is 26.8 Å². The molecular formula is C16H17ClN2O3. The third-order valence-electron chi connectivity index (χ3n) is 2.96. The molecule has 3 N–H and O–H groups in total. The molecule has 2 rings (SSSR count). The van der Waals surface area contributed by atoms with Crippen molar-refractivity contribution in [2.45, 2.75) is 0 Å². The number of hydrogen-bond acceptors (Lipinski definition) is 4. The number of ether oxygens (including phenoxy) is 2. The fourth-order valence-electron chi connectivity index (χ4n) is 1.86. The predicted molar refractivity (Wildman–Crippen MR) is 88.0 cm³/mol. The molecule has 0 atom stereocenters. The Morgan fingerprint density at radius 3 is 2.45 bits per heavy atom. The second kappa shape index (κ2) is 7.56. The first-order chi connectivity index (χ1) is 10.6. The maximum absolute atomic E-state index is 12.2. The molecule has 1 amide bonds. The average molecular weight is 321 g/mol. The fraction of sp³-hybridized carbons (Fsp3) is 0.188. The number of amides is 1. The highest BCUT2D eigenvalue weighted by Gasteiger charge is 2.11. The molecule has 0 spiro atoms. The minimum absolute atomic E-state index is 0.283. The molecule has 0 aliphatic carbocycles. The number of anilines is 2. The molecule has 6 heteroatoms. The van der Waals surface area contributed by atoms with Gasteiger partial charge in [0.05, 0.1) is 18.6 Å². The maximum Gasteiger partial charge on any atom is 0.257 e. The smallest absolute Gasteiger partial charge is 0.257 e. The lowest BCUT2D eigenvalue weighted by Crippen LogP contribution is -2.14. The van der Waals surface area contributed by atoms with E-state index in [1.54, 1.807) is 49.6 Å². The molecule has 5 nitrogen and oxygen atoms in total. The zero-order valence-corrected chi connectivity index (χ0v) is 12.9. The summed E-state index contributed by atoms with van der Waals surface area (Å²) >= 11 is 5.55. The molecule has 0 aromatic heterocycles. The van der Waals surface area contributed by atoms with Crippen LogP contribution in [0.3, 0.4) is 0 Å². The summed E-state index contributed by atoms with van der Waals surface area (Å²) in [5.74, 6) is 1.45. The molecule has 0 fully saturated rings. The number of carbonyl (C=O) groups excluding carboxylic acids is 1. The summed E-state index contributed by atoms with van der Waals surface area (Å²) in [4.78, 5) is 12.2. The molecular weight excluding hydrogens is 304 g/mol. The zero-order valence-electron chi connectivity index (χ0n) is 12.1. The number of hydrogen-bond donors (Lipinski definition) is 2. The lowest BCUT2D eigenvalue weighted by molar-refractivity contribution is 0.102. The Hall–Kier alpha value is -2.40. The highest BCUT2D eigenvalue weighted by molar-refractivity contribution is 6.18. The number of nitrogen functional groups attached to an aromatic ring is 1. The van der Waals surface area contributed by atoms with Crippen LogP contribution in [0.25, 0.3) is 0 Å². The Labute approximate surface area is 134 Å². The third-order valence-corrected chi connectivity index (χ3v) is 3.12. The maximum atomic E-state index is 12.2. The Balaban J connectivity index is 2.05. The number of halogens is 1. The van der Waals surface area contributed by atoms with Crippen LogP contribution in [-0.2, 0) is 0 Å². The van der Waals surface area contributed by atoms with Crippen molar-refractivity contribution in [3.8, 4) is 11.5 Å². The van der Waals surface area contributed by atoms with E-state index in [9.17, 15) is 4.79 Å². The predicted octanol–water partition coefficient (Wildman–Crippen LogP) is 3.15. The molecule has 2 aromatic carbocycles. The van der Waals surface area contributed by atoms with Crippen molar-refractivity contribution in [1.82, 2.24) is 0 Å². The monoisotopic (exact) mass is 320 g/mol. The van der Waals surface area contributed by atoms with Gasteiger partial charge in [-0.15, -0.1) is 11.6 Å². The molecule has 0 unspecified atom stereocenters. The van der Waals surface area contributed by atoms with E-state index in [0.29, 0.717) is 40.9 Å². The molecule has 2 aromatic rings. The largest absolute Gasteiger partial charge is 0.497 e. The van der Waals surface area contributed by atoms with Gasteiger partial charge in [0.15, 0.2) is 0 Å². The van der Waals surface area contributed by atoms with Gasteiger partial charge in [-0.05, 0) is 36.4 Å². The quantitative estimate of drug-likeness (QED) is 0.633. The third kappa shape index (κ3) is 4.05. The fourth-order valence-corrected chi connectivity index (χ4v) is 1.94. The van der Waals surface area contributed by atoms with Gasteiger partial charge in [-0.25, -0.2) is 0 Å². The van der Waals surface area contributed by atoms with Crippen LogP contribution in [0.4, 0.5) is 11.4 Å². The standard InChI is InChI=1S/C16H17ClN2O3/c1-21-13-6-7-14(15(18)10-13)16(20)19-11-2-4-12(5-3-11)22-9-8-17/h2-7,10H,8-9,18H2,1H3,(H,19,20). The van der Waals surface area contributed by atoms with Gasteiger partial charge in [0.2, 0.25) is 0 Å². The van der Waals surface area contributed by atoms with Crippen molar-refractivity contribution in [1.29, 1.82) is 0 Å². The number of methoxy groups -OCH3 is 1. The molecule has 0 radical (unpaired) electrons. The van der Waals surface area contributed by atoms with Crippen LogP contribution in [0.1, 0.15) is 10.4 Å². The molecule has 0 aliphatic heterocycles. The van der Waals surface area contributed by atoms with Crippen molar-refractivity contribution in [2.75, 3.05) is 30.6 Å². The summed E-state index contributed by atoms with van der Waals surface area (Å²) in [6, 6.07) is 12.0. The first-order valence-electron chi connectivity index (χ1n) is 6.67. The van der Waals surface area contributed by atoms with E-state index in [1.165, 1.54) is 0 Å². The normalized spacial score (nSPS) is 10.1. The van der Waals surface area contributed by atoms with E-state index in [0.717, 1.165) is 0 Å². The van der Waals surface area contributed by atoms with Crippen LogP contribution < -0.4 is 20.5 Å². The second-order valence-corrected chi connectivity index (χ2v) is 4.85. The highest BCUT2D eigenvalue weighted by Crippen LogP contribution is 2.21. The number of carbonyl (C=O) groups is 1. The van der Waals surface area contributed by atoms with E-state index in [2.05, 4.69) is 5.32 Å². The Morgan fingerprint density at radius 1 is 1.18 bits per heavy atom. The first kappa shape index (κ1) is 16.0. The number of nitrogens with two attached hydrogens (primary N) is 1. The van der Waals surface area contributed by atoms with E-state index in [1.807, 2.05) is 0 Å². The topological polar surface area (TPSA) is 73.6 Å². The van der Waals surface area contributed by atoms with Crippen molar-refractivity contribution in [3.05, 3.63) is 48.0 Å². The number of rotatable bonds is 6. The van der Waals surface area contributed by atoms with Gasteiger partial charge in [0.25, 0.3) is 5.91 Å². The zero-order chi connectivity index (χ0) is 15.9. The van der Waals surface area contributed by atoms with E-state index >= 15 is 0 Å². The van der Waals surface area contributed by atoms with Gasteiger partial charge in [0.1, 0.15) is 18.1 Å². The minimum Gasteiger partial charge on any atom is -0.497 e. The van der Waals surface area contributed by atoms with Crippen LogP contribution in [0.2, 0.25) is 0 Å². The van der Waals surface area contributed by atoms with E-state index in [-0.39, 0.29) is 5.91 Å². The summed E-state index contributed by atoms with van der Waals surface area (Å²) in [6.07, 6.45) is 0. The van der Waals surface area contributed by atoms with Crippen molar-refractivity contribution in [3.63, 3.8) is 0 Å². The second-order valence-electron chi connectivity index (χ2n) is 4.47. The summed E-state index contributed by atoms with van der Waals surface area (Å²) < 4.78 is 10.4. The molecule has 0 heterocycles. The van der Waals surface area contributed by atoms with Crippen molar-refractivity contribution < 1.29 is 14.3 Å². The first-order valence-corrected chi connectivity index (χ1v) is 7.21. The molecule has 0 saturated carbocycles. The minimum atomic E-state index is -0.283.